The number of carbonyl (C=O) groups excluding carboxylic acids is 1. The summed E-state index contributed by atoms with van der Waals surface area (Å²) in [6, 6.07) is 0. The average Bonchev–Trinajstić information content (AvgIpc) is 2.15. The third-order valence-electron chi connectivity index (χ3n) is 2.27. The van der Waals surface area contributed by atoms with Crippen molar-refractivity contribution in [3.05, 3.63) is 12.2 Å². The number of Topliss-reactive ketones (excluding diaryl/α,β-unsaturated/α-hetero) is 1. The van der Waals surface area contributed by atoms with E-state index in [-0.39, 0.29) is 0 Å². The summed E-state index contributed by atoms with van der Waals surface area (Å²) in [4.78, 5) is 10.6. The quantitative estimate of drug-likeness (QED) is 0.397. The first-order chi connectivity index (χ1) is 6.77. The van der Waals surface area contributed by atoms with Crippen molar-refractivity contribution in [1.82, 2.24) is 0 Å². The first-order valence-corrected chi connectivity index (χ1v) is 5.91. The van der Waals surface area contributed by atoms with Crippen molar-refractivity contribution in [3.8, 4) is 0 Å². The van der Waals surface area contributed by atoms with Gasteiger partial charge in [0.05, 0.1) is 0 Å². The highest BCUT2D eigenvalue weighted by molar-refractivity contribution is 5.75. The number of allylic oxidation sites excluding steroid dienone is 2. The molecule has 0 heterocycles. The second-order valence-corrected chi connectivity index (χ2v) is 3.91. The van der Waals surface area contributed by atoms with Crippen LogP contribution in [-0.4, -0.2) is 5.78 Å². The molecular weight excluding hydrogens is 172 g/mol. The monoisotopic (exact) mass is 196 g/mol. The minimum Gasteiger partial charge on any atom is -0.300 e. The van der Waals surface area contributed by atoms with E-state index in [9.17, 15) is 4.79 Å². The molecular formula is C13H24O. The Morgan fingerprint density at radius 1 is 1.00 bits per heavy atom. The maximum atomic E-state index is 10.6. The summed E-state index contributed by atoms with van der Waals surface area (Å²) in [6.07, 6.45) is 13.8. The molecule has 0 aliphatic heterocycles. The van der Waals surface area contributed by atoms with E-state index in [1.54, 1.807) is 6.92 Å². The third-order valence-corrected chi connectivity index (χ3v) is 2.27. The van der Waals surface area contributed by atoms with Crippen LogP contribution in [0.3, 0.4) is 0 Å². The minimum atomic E-state index is 0.327. The zero-order chi connectivity index (χ0) is 10.6. The average molecular weight is 196 g/mol. The Kier molecular flexibility index (Phi) is 10.0. The molecule has 1 nitrogen and oxygen atoms in total. The molecule has 0 amide bonds. The van der Waals surface area contributed by atoms with Gasteiger partial charge in [-0.25, -0.2) is 0 Å². The molecule has 0 aliphatic rings. The second kappa shape index (κ2) is 10.5. The predicted octanol–water partition coefficient (Wildman–Crippen LogP) is 4.27. The van der Waals surface area contributed by atoms with Gasteiger partial charge in [0.2, 0.25) is 0 Å². The Labute approximate surface area is 88.6 Å². The van der Waals surface area contributed by atoms with E-state index >= 15 is 0 Å². The molecule has 0 saturated heterocycles. The zero-order valence-corrected chi connectivity index (χ0v) is 9.72. The van der Waals surface area contributed by atoms with Crippen LogP contribution in [0.1, 0.15) is 65.2 Å². The summed E-state index contributed by atoms with van der Waals surface area (Å²) in [5.41, 5.74) is 0. The molecule has 0 aromatic rings. The normalized spacial score (nSPS) is 11.0. The number of ketones is 1. The van der Waals surface area contributed by atoms with E-state index in [4.69, 9.17) is 0 Å². The molecule has 0 spiro atoms. The van der Waals surface area contributed by atoms with Gasteiger partial charge in [-0.2, -0.15) is 0 Å². The van der Waals surface area contributed by atoms with Crippen LogP contribution in [0.15, 0.2) is 12.2 Å². The molecule has 14 heavy (non-hydrogen) atoms. The van der Waals surface area contributed by atoms with Gasteiger partial charge in [-0.15, -0.1) is 0 Å². The Morgan fingerprint density at radius 3 is 2.29 bits per heavy atom. The summed E-state index contributed by atoms with van der Waals surface area (Å²) in [6.45, 7) is 3.87. The van der Waals surface area contributed by atoms with Crippen LogP contribution in [0.25, 0.3) is 0 Å². The molecule has 0 N–H and O–H groups in total. The summed E-state index contributed by atoms with van der Waals surface area (Å²) < 4.78 is 0. The van der Waals surface area contributed by atoms with E-state index < -0.39 is 0 Å². The lowest BCUT2D eigenvalue weighted by Crippen LogP contribution is -1.88. The Morgan fingerprint density at radius 2 is 1.64 bits per heavy atom. The largest absolute Gasteiger partial charge is 0.300 e. The van der Waals surface area contributed by atoms with Gasteiger partial charge in [0.15, 0.2) is 0 Å². The van der Waals surface area contributed by atoms with Crippen LogP contribution in [0.4, 0.5) is 0 Å². The lowest BCUT2D eigenvalue weighted by molar-refractivity contribution is -0.117. The molecule has 0 unspecified atom stereocenters. The number of unbranched alkanes of at least 4 members (excludes halogenated alkanes) is 5. The molecule has 0 aromatic carbocycles. The fraction of sp³-hybridized carbons (Fsp3) is 0.769. The molecule has 0 rings (SSSR count). The van der Waals surface area contributed by atoms with E-state index in [1.807, 2.05) is 0 Å². The Hall–Kier alpha value is -0.590. The lowest BCUT2D eigenvalue weighted by Gasteiger charge is -1.97. The lowest BCUT2D eigenvalue weighted by atomic mass is 10.1. The minimum absolute atomic E-state index is 0.327. The van der Waals surface area contributed by atoms with Gasteiger partial charge in [-0.05, 0) is 32.6 Å². The predicted molar refractivity (Wildman–Crippen MR) is 62.4 cm³/mol. The molecule has 0 aliphatic carbocycles. The highest BCUT2D eigenvalue weighted by atomic mass is 16.1. The molecule has 0 fully saturated rings. The Bertz CT molecular complexity index is 159. The first kappa shape index (κ1) is 13.4. The van der Waals surface area contributed by atoms with E-state index in [0.29, 0.717) is 5.78 Å². The van der Waals surface area contributed by atoms with Crippen LogP contribution in [0.5, 0.6) is 0 Å². The van der Waals surface area contributed by atoms with Crippen LogP contribution in [0, 0.1) is 0 Å². The molecule has 1 heteroatoms. The van der Waals surface area contributed by atoms with E-state index in [0.717, 1.165) is 12.8 Å². The summed E-state index contributed by atoms with van der Waals surface area (Å²) in [7, 11) is 0. The van der Waals surface area contributed by atoms with Gasteiger partial charge in [-0.3, -0.25) is 0 Å². The molecule has 82 valence electrons. The fourth-order valence-electron chi connectivity index (χ4n) is 1.39. The van der Waals surface area contributed by atoms with Crippen molar-refractivity contribution < 1.29 is 4.79 Å². The van der Waals surface area contributed by atoms with Gasteiger partial charge in [0.1, 0.15) is 5.78 Å². The van der Waals surface area contributed by atoms with Gasteiger partial charge >= 0.3 is 0 Å². The van der Waals surface area contributed by atoms with E-state index in [2.05, 4.69) is 19.1 Å². The Balaban J connectivity index is 3.02. The summed E-state index contributed by atoms with van der Waals surface area (Å²) in [5.74, 6) is 0.327. The maximum absolute atomic E-state index is 10.6. The fourth-order valence-corrected chi connectivity index (χ4v) is 1.39. The highest BCUT2D eigenvalue weighted by Crippen LogP contribution is 2.06. The van der Waals surface area contributed by atoms with Crippen molar-refractivity contribution in [3.63, 3.8) is 0 Å². The van der Waals surface area contributed by atoms with Crippen LogP contribution >= 0.6 is 0 Å². The van der Waals surface area contributed by atoms with Gasteiger partial charge in [0, 0.05) is 6.42 Å². The SMILES string of the molecule is CCCC=CCCCCCCC(C)=O. The number of rotatable bonds is 9. The van der Waals surface area contributed by atoms with Crippen molar-refractivity contribution in [2.45, 2.75) is 65.2 Å². The van der Waals surface area contributed by atoms with Crippen molar-refractivity contribution >= 4 is 5.78 Å². The third kappa shape index (κ3) is 11.4. The second-order valence-electron chi connectivity index (χ2n) is 3.91. The van der Waals surface area contributed by atoms with Gasteiger partial charge < -0.3 is 4.79 Å². The molecule has 0 radical (unpaired) electrons. The summed E-state index contributed by atoms with van der Waals surface area (Å²) in [5, 5.41) is 0. The highest BCUT2D eigenvalue weighted by Gasteiger charge is 1.92. The zero-order valence-electron chi connectivity index (χ0n) is 9.72. The molecule has 0 atom stereocenters. The maximum Gasteiger partial charge on any atom is 0.129 e. The smallest absolute Gasteiger partial charge is 0.129 e. The van der Waals surface area contributed by atoms with Crippen molar-refractivity contribution in [2.24, 2.45) is 0 Å². The van der Waals surface area contributed by atoms with Gasteiger partial charge in [-0.1, -0.05) is 38.3 Å². The van der Waals surface area contributed by atoms with E-state index in [1.165, 1.54) is 38.5 Å². The number of hydrogen-bond acceptors (Lipinski definition) is 1. The molecule has 0 bridgehead atoms. The summed E-state index contributed by atoms with van der Waals surface area (Å²) >= 11 is 0. The molecule has 0 aromatic heterocycles. The van der Waals surface area contributed by atoms with Crippen molar-refractivity contribution in [1.29, 1.82) is 0 Å². The standard InChI is InChI=1S/C13H24O/c1-3-4-5-6-7-8-9-10-11-12-13(2)14/h5-6H,3-4,7-12H2,1-2H3. The molecule has 0 saturated carbocycles. The van der Waals surface area contributed by atoms with Crippen LogP contribution in [-0.2, 0) is 4.79 Å². The number of hydrogen-bond donors (Lipinski definition) is 0. The first-order valence-electron chi connectivity index (χ1n) is 5.91. The van der Waals surface area contributed by atoms with Crippen LogP contribution < -0.4 is 0 Å². The van der Waals surface area contributed by atoms with Gasteiger partial charge in [0.25, 0.3) is 0 Å². The van der Waals surface area contributed by atoms with Crippen molar-refractivity contribution in [2.75, 3.05) is 0 Å². The topological polar surface area (TPSA) is 17.1 Å². The number of carbonyl (C=O) groups is 1. The van der Waals surface area contributed by atoms with Crippen LogP contribution in [0.2, 0.25) is 0 Å².